The van der Waals surface area contributed by atoms with E-state index >= 15 is 0 Å². The Kier molecular flexibility index (Phi) is 4.76. The summed E-state index contributed by atoms with van der Waals surface area (Å²) in [7, 11) is 1.48. The van der Waals surface area contributed by atoms with Crippen molar-refractivity contribution < 1.29 is 13.2 Å². The van der Waals surface area contributed by atoms with Gasteiger partial charge in [0.15, 0.2) is 0 Å². The summed E-state index contributed by atoms with van der Waals surface area (Å²) < 4.78 is 22.7. The highest BCUT2D eigenvalue weighted by Gasteiger charge is 2.17. The zero-order chi connectivity index (χ0) is 13.9. The van der Waals surface area contributed by atoms with Crippen molar-refractivity contribution in [3.05, 3.63) is 29.3 Å². The van der Waals surface area contributed by atoms with Crippen molar-refractivity contribution in [3.8, 4) is 0 Å². The first-order valence-electron chi connectivity index (χ1n) is 5.62. The second-order valence-corrected chi connectivity index (χ2v) is 6.74. The molecule has 0 saturated carbocycles. The molecule has 0 spiro atoms. The molecule has 0 saturated heterocycles. The largest absolute Gasteiger partial charge is 0.350 e. The van der Waals surface area contributed by atoms with Crippen LogP contribution in [0.3, 0.4) is 0 Å². The average Bonchev–Trinajstić information content (AvgIpc) is 2.27. The molecule has 4 nitrogen and oxygen atoms in total. The van der Waals surface area contributed by atoms with Crippen LogP contribution in [0.25, 0.3) is 0 Å². The zero-order valence-electron chi connectivity index (χ0n) is 10.5. The fourth-order valence-electron chi connectivity index (χ4n) is 1.41. The third-order valence-corrected chi connectivity index (χ3v) is 4.17. The van der Waals surface area contributed by atoms with E-state index in [4.69, 9.17) is 10.7 Å². The molecule has 0 bridgehead atoms. The minimum atomic E-state index is -3.83. The number of hydrogen-bond donors (Lipinski definition) is 1. The van der Waals surface area contributed by atoms with Gasteiger partial charge in [-0.1, -0.05) is 13.0 Å². The summed E-state index contributed by atoms with van der Waals surface area (Å²) in [5, 5.41) is 2.77. The van der Waals surface area contributed by atoms with E-state index in [0.717, 1.165) is 6.42 Å². The molecule has 1 N–H and O–H groups in total. The molecular formula is C12H16ClNO3S. The Morgan fingerprint density at radius 2 is 2.06 bits per heavy atom. The van der Waals surface area contributed by atoms with Gasteiger partial charge in [-0.25, -0.2) is 8.42 Å². The lowest BCUT2D eigenvalue weighted by Gasteiger charge is -2.12. The third kappa shape index (κ3) is 3.71. The molecule has 18 heavy (non-hydrogen) atoms. The predicted molar refractivity (Wildman–Crippen MR) is 71.4 cm³/mol. The van der Waals surface area contributed by atoms with E-state index in [2.05, 4.69) is 5.32 Å². The van der Waals surface area contributed by atoms with E-state index in [9.17, 15) is 13.2 Å². The monoisotopic (exact) mass is 289 g/mol. The van der Waals surface area contributed by atoms with Gasteiger partial charge in [-0.15, -0.1) is 0 Å². The molecule has 100 valence electrons. The highest BCUT2D eigenvalue weighted by Crippen LogP contribution is 2.21. The fraction of sp³-hybridized carbons (Fsp3) is 0.417. The standard InChI is InChI=1S/C12H16ClNO3S/c1-4-9(3)14-12(15)10-6-5-8(2)11(7-10)18(13,16)17/h5-7,9H,4H2,1-3H3,(H,14,15). The van der Waals surface area contributed by atoms with Gasteiger partial charge >= 0.3 is 0 Å². The van der Waals surface area contributed by atoms with Crippen LogP contribution in [0, 0.1) is 6.92 Å². The molecule has 1 aromatic carbocycles. The van der Waals surface area contributed by atoms with E-state index in [1.54, 1.807) is 19.1 Å². The molecule has 0 fully saturated rings. The topological polar surface area (TPSA) is 63.2 Å². The van der Waals surface area contributed by atoms with Crippen LogP contribution in [0.2, 0.25) is 0 Å². The summed E-state index contributed by atoms with van der Waals surface area (Å²) in [6.07, 6.45) is 0.804. The second-order valence-electron chi connectivity index (χ2n) is 4.20. The maximum absolute atomic E-state index is 11.9. The van der Waals surface area contributed by atoms with Gasteiger partial charge in [0.1, 0.15) is 0 Å². The molecule has 1 aromatic rings. The molecule has 0 aliphatic carbocycles. The van der Waals surface area contributed by atoms with E-state index in [1.807, 2.05) is 13.8 Å². The summed E-state index contributed by atoms with van der Waals surface area (Å²) in [5.41, 5.74) is 0.810. The minimum Gasteiger partial charge on any atom is -0.350 e. The molecule has 0 heterocycles. The number of rotatable bonds is 4. The van der Waals surface area contributed by atoms with Crippen LogP contribution in [-0.2, 0) is 9.05 Å². The molecule has 1 atom stereocenters. The van der Waals surface area contributed by atoms with Crippen molar-refractivity contribution in [2.75, 3.05) is 0 Å². The highest BCUT2D eigenvalue weighted by molar-refractivity contribution is 8.13. The van der Waals surface area contributed by atoms with E-state index < -0.39 is 9.05 Å². The average molecular weight is 290 g/mol. The van der Waals surface area contributed by atoms with Crippen LogP contribution >= 0.6 is 10.7 Å². The third-order valence-electron chi connectivity index (χ3n) is 2.70. The maximum Gasteiger partial charge on any atom is 0.261 e. The fourth-order valence-corrected chi connectivity index (χ4v) is 2.63. The molecule has 1 amide bonds. The van der Waals surface area contributed by atoms with Crippen molar-refractivity contribution in [1.29, 1.82) is 0 Å². The van der Waals surface area contributed by atoms with Crippen molar-refractivity contribution >= 4 is 25.6 Å². The van der Waals surface area contributed by atoms with Gasteiger partial charge < -0.3 is 5.32 Å². The minimum absolute atomic E-state index is 0.0269. The number of aryl methyl sites for hydroxylation is 1. The van der Waals surface area contributed by atoms with Crippen LogP contribution in [0.1, 0.15) is 36.2 Å². The predicted octanol–water partition coefficient (Wildman–Crippen LogP) is 2.45. The number of hydrogen-bond acceptors (Lipinski definition) is 3. The van der Waals surface area contributed by atoms with Crippen LogP contribution in [0.5, 0.6) is 0 Å². The quantitative estimate of drug-likeness (QED) is 0.866. The van der Waals surface area contributed by atoms with Crippen molar-refractivity contribution in [2.24, 2.45) is 0 Å². The smallest absolute Gasteiger partial charge is 0.261 e. The Bertz CT molecular complexity index is 554. The lowest BCUT2D eigenvalue weighted by Crippen LogP contribution is -2.32. The maximum atomic E-state index is 11.9. The summed E-state index contributed by atoms with van der Waals surface area (Å²) in [5.74, 6) is -0.300. The zero-order valence-corrected chi connectivity index (χ0v) is 12.1. The van der Waals surface area contributed by atoms with Gasteiger partial charge in [-0.3, -0.25) is 4.79 Å². The van der Waals surface area contributed by atoms with Crippen molar-refractivity contribution in [1.82, 2.24) is 5.32 Å². The van der Waals surface area contributed by atoms with Gasteiger partial charge in [0.2, 0.25) is 0 Å². The van der Waals surface area contributed by atoms with Gasteiger partial charge in [0, 0.05) is 22.3 Å². The lowest BCUT2D eigenvalue weighted by molar-refractivity contribution is 0.0939. The molecule has 6 heteroatoms. The molecule has 0 radical (unpaired) electrons. The first-order valence-corrected chi connectivity index (χ1v) is 7.92. The van der Waals surface area contributed by atoms with Gasteiger partial charge in [-0.2, -0.15) is 0 Å². The normalized spacial score (nSPS) is 13.1. The van der Waals surface area contributed by atoms with Crippen molar-refractivity contribution in [2.45, 2.75) is 38.1 Å². The number of nitrogens with one attached hydrogen (secondary N) is 1. The van der Waals surface area contributed by atoms with Crippen LogP contribution < -0.4 is 5.32 Å². The first-order chi connectivity index (χ1) is 8.25. The molecule has 0 aromatic heterocycles. The van der Waals surface area contributed by atoms with Gasteiger partial charge in [-0.05, 0) is 38.0 Å². The SMILES string of the molecule is CCC(C)NC(=O)c1ccc(C)c(S(=O)(=O)Cl)c1. The Hall–Kier alpha value is -1.07. The van der Waals surface area contributed by atoms with Crippen LogP contribution in [0.15, 0.2) is 23.1 Å². The Balaban J connectivity index is 3.10. The van der Waals surface area contributed by atoms with Crippen LogP contribution in [-0.4, -0.2) is 20.4 Å². The number of carbonyl (C=O) groups excluding carboxylic acids is 1. The summed E-state index contributed by atoms with van der Waals surface area (Å²) >= 11 is 0. The summed E-state index contributed by atoms with van der Waals surface area (Å²) in [4.78, 5) is 11.8. The molecule has 1 rings (SSSR count). The molecule has 0 aliphatic heterocycles. The summed E-state index contributed by atoms with van der Waals surface area (Å²) in [6.45, 7) is 5.46. The Morgan fingerprint density at radius 1 is 1.44 bits per heavy atom. The van der Waals surface area contributed by atoms with Crippen LogP contribution in [0.4, 0.5) is 0 Å². The molecular weight excluding hydrogens is 274 g/mol. The number of benzene rings is 1. The lowest BCUT2D eigenvalue weighted by atomic mass is 10.1. The van der Waals surface area contributed by atoms with Gasteiger partial charge in [0.25, 0.3) is 15.0 Å². The van der Waals surface area contributed by atoms with E-state index in [0.29, 0.717) is 11.1 Å². The van der Waals surface area contributed by atoms with Gasteiger partial charge in [0.05, 0.1) is 4.90 Å². The number of halogens is 1. The second kappa shape index (κ2) is 5.71. The first kappa shape index (κ1) is 15.0. The highest BCUT2D eigenvalue weighted by atomic mass is 35.7. The van der Waals surface area contributed by atoms with Crippen molar-refractivity contribution in [3.63, 3.8) is 0 Å². The summed E-state index contributed by atoms with van der Waals surface area (Å²) in [6, 6.07) is 4.49. The number of amides is 1. The number of carbonyl (C=O) groups is 1. The Morgan fingerprint density at radius 3 is 2.56 bits per heavy atom. The molecule has 0 aliphatic rings. The molecule has 1 unspecified atom stereocenters. The Labute approximate surface area is 112 Å². The van der Waals surface area contributed by atoms with E-state index in [1.165, 1.54) is 6.07 Å². The van der Waals surface area contributed by atoms with E-state index in [-0.39, 0.29) is 16.8 Å².